The van der Waals surface area contributed by atoms with Gasteiger partial charge < -0.3 is 14.7 Å². The van der Waals surface area contributed by atoms with Gasteiger partial charge in [-0.1, -0.05) is 12.2 Å². The first-order valence-corrected chi connectivity index (χ1v) is 6.61. The summed E-state index contributed by atoms with van der Waals surface area (Å²) in [5, 5.41) is 8.72. The molecule has 104 valence electrons. The van der Waals surface area contributed by atoms with Crippen LogP contribution in [0.2, 0.25) is 0 Å². The maximum atomic E-state index is 11.9. The van der Waals surface area contributed by atoms with E-state index in [9.17, 15) is 4.79 Å². The largest absolute Gasteiger partial charge is 0.392 e. The smallest absolute Gasteiger partial charge is 0.248 e. The van der Waals surface area contributed by atoms with Crippen molar-refractivity contribution in [2.45, 2.75) is 39.2 Å². The van der Waals surface area contributed by atoms with Crippen LogP contribution in [0.1, 0.15) is 33.6 Å². The van der Waals surface area contributed by atoms with Crippen molar-refractivity contribution in [3.05, 3.63) is 12.2 Å². The second-order valence-corrected chi connectivity index (χ2v) is 5.73. The van der Waals surface area contributed by atoms with E-state index in [1.54, 1.807) is 6.08 Å². The van der Waals surface area contributed by atoms with Gasteiger partial charge in [0.1, 0.15) is 6.61 Å². The van der Waals surface area contributed by atoms with Crippen molar-refractivity contribution in [1.29, 1.82) is 0 Å². The SMILES string of the molecule is CC(C)(C)OCC(=O)N1CCC(/C=C\CO)CC1. The molecular formula is C14H25NO3. The van der Waals surface area contributed by atoms with Crippen LogP contribution in [-0.2, 0) is 9.53 Å². The van der Waals surface area contributed by atoms with Gasteiger partial charge in [-0.2, -0.15) is 0 Å². The van der Waals surface area contributed by atoms with E-state index in [0.29, 0.717) is 5.92 Å². The van der Waals surface area contributed by atoms with Crippen molar-refractivity contribution in [1.82, 2.24) is 4.90 Å². The molecule has 4 nitrogen and oxygen atoms in total. The zero-order chi connectivity index (χ0) is 13.6. The lowest BCUT2D eigenvalue weighted by Gasteiger charge is -2.31. The summed E-state index contributed by atoms with van der Waals surface area (Å²) in [5.41, 5.74) is -0.266. The number of allylic oxidation sites excluding steroid dienone is 1. The van der Waals surface area contributed by atoms with Crippen molar-refractivity contribution in [2.24, 2.45) is 5.92 Å². The zero-order valence-corrected chi connectivity index (χ0v) is 11.7. The van der Waals surface area contributed by atoms with E-state index in [1.165, 1.54) is 0 Å². The Morgan fingerprint density at radius 3 is 2.50 bits per heavy atom. The van der Waals surface area contributed by atoms with E-state index in [4.69, 9.17) is 9.84 Å². The molecule has 1 fully saturated rings. The lowest BCUT2D eigenvalue weighted by Crippen LogP contribution is -2.41. The molecule has 0 atom stereocenters. The minimum absolute atomic E-state index is 0.0783. The molecule has 1 amide bonds. The zero-order valence-electron chi connectivity index (χ0n) is 11.7. The van der Waals surface area contributed by atoms with Gasteiger partial charge in [0.05, 0.1) is 12.2 Å². The Morgan fingerprint density at radius 2 is 2.00 bits per heavy atom. The third-order valence-corrected chi connectivity index (χ3v) is 3.03. The summed E-state index contributed by atoms with van der Waals surface area (Å²) in [5.74, 6) is 0.569. The Balaban J connectivity index is 2.29. The molecule has 0 unspecified atom stereocenters. The molecule has 1 aliphatic rings. The molecule has 1 N–H and O–H groups in total. The highest BCUT2D eigenvalue weighted by Gasteiger charge is 2.22. The van der Waals surface area contributed by atoms with Crippen LogP contribution in [0.15, 0.2) is 12.2 Å². The van der Waals surface area contributed by atoms with Gasteiger partial charge in [0, 0.05) is 13.1 Å². The molecule has 1 saturated heterocycles. The highest BCUT2D eigenvalue weighted by atomic mass is 16.5. The second-order valence-electron chi connectivity index (χ2n) is 5.73. The standard InChI is InChI=1S/C14H25NO3/c1-14(2,3)18-11-13(17)15-8-6-12(7-9-15)5-4-10-16/h4-5,12,16H,6-11H2,1-3H3/b5-4-. The fraction of sp³-hybridized carbons (Fsp3) is 0.786. The second kappa shape index (κ2) is 6.90. The Morgan fingerprint density at radius 1 is 1.39 bits per heavy atom. The number of aliphatic hydroxyl groups is 1. The third kappa shape index (κ3) is 5.65. The average Bonchev–Trinajstić information content (AvgIpc) is 2.33. The molecule has 0 aromatic rings. The van der Waals surface area contributed by atoms with Crippen molar-refractivity contribution in [3.63, 3.8) is 0 Å². The topological polar surface area (TPSA) is 49.8 Å². The predicted octanol–water partition coefficient (Wildman–Crippen LogP) is 1.59. The molecule has 1 heterocycles. The minimum atomic E-state index is -0.266. The molecule has 0 radical (unpaired) electrons. The lowest BCUT2D eigenvalue weighted by atomic mass is 9.96. The number of hydrogen-bond donors (Lipinski definition) is 1. The summed E-state index contributed by atoms with van der Waals surface area (Å²) in [7, 11) is 0. The summed E-state index contributed by atoms with van der Waals surface area (Å²) in [6, 6.07) is 0. The number of rotatable bonds is 4. The molecule has 0 aromatic carbocycles. The van der Waals surface area contributed by atoms with E-state index in [0.717, 1.165) is 25.9 Å². The fourth-order valence-corrected chi connectivity index (χ4v) is 1.96. The number of carbonyl (C=O) groups is 1. The quantitative estimate of drug-likeness (QED) is 0.776. The first-order chi connectivity index (χ1) is 8.42. The van der Waals surface area contributed by atoms with Crippen LogP contribution in [0.25, 0.3) is 0 Å². The number of amides is 1. The molecule has 0 aliphatic carbocycles. The Bertz CT molecular complexity index is 286. The van der Waals surface area contributed by atoms with Gasteiger partial charge in [-0.3, -0.25) is 4.79 Å². The van der Waals surface area contributed by atoms with Crippen LogP contribution in [0.4, 0.5) is 0 Å². The molecule has 1 rings (SSSR count). The number of piperidine rings is 1. The monoisotopic (exact) mass is 255 g/mol. The number of aliphatic hydroxyl groups excluding tert-OH is 1. The highest BCUT2D eigenvalue weighted by Crippen LogP contribution is 2.18. The summed E-state index contributed by atoms with van der Waals surface area (Å²) in [4.78, 5) is 13.8. The lowest BCUT2D eigenvalue weighted by molar-refractivity contribution is -0.142. The number of ether oxygens (including phenoxy) is 1. The van der Waals surface area contributed by atoms with Crippen LogP contribution in [-0.4, -0.2) is 47.8 Å². The van der Waals surface area contributed by atoms with Crippen LogP contribution < -0.4 is 0 Å². The predicted molar refractivity (Wildman–Crippen MR) is 71.2 cm³/mol. The maximum Gasteiger partial charge on any atom is 0.248 e. The molecule has 4 heteroatoms. The highest BCUT2D eigenvalue weighted by molar-refractivity contribution is 5.77. The van der Waals surface area contributed by atoms with E-state index >= 15 is 0 Å². The van der Waals surface area contributed by atoms with Gasteiger partial charge in [-0.05, 0) is 39.5 Å². The third-order valence-electron chi connectivity index (χ3n) is 3.03. The summed E-state index contributed by atoms with van der Waals surface area (Å²) in [6.07, 6.45) is 5.77. The van der Waals surface area contributed by atoms with E-state index in [-0.39, 0.29) is 24.7 Å². The maximum absolute atomic E-state index is 11.9. The Hall–Kier alpha value is -0.870. The van der Waals surface area contributed by atoms with Gasteiger partial charge >= 0.3 is 0 Å². The van der Waals surface area contributed by atoms with Crippen LogP contribution in [0.5, 0.6) is 0 Å². The van der Waals surface area contributed by atoms with Crippen LogP contribution in [0, 0.1) is 5.92 Å². The number of nitrogens with zero attached hydrogens (tertiary/aromatic N) is 1. The van der Waals surface area contributed by atoms with Crippen molar-refractivity contribution < 1.29 is 14.6 Å². The Labute approximate surface area is 110 Å². The van der Waals surface area contributed by atoms with Gasteiger partial charge in [-0.25, -0.2) is 0 Å². The average molecular weight is 255 g/mol. The number of carbonyl (C=O) groups excluding carboxylic acids is 1. The molecule has 0 bridgehead atoms. The fourth-order valence-electron chi connectivity index (χ4n) is 1.96. The first kappa shape index (κ1) is 15.2. The Kier molecular flexibility index (Phi) is 5.82. The molecule has 0 spiro atoms. The van der Waals surface area contributed by atoms with Crippen molar-refractivity contribution in [2.75, 3.05) is 26.3 Å². The van der Waals surface area contributed by atoms with Crippen LogP contribution >= 0.6 is 0 Å². The normalized spacial score (nSPS) is 18.6. The van der Waals surface area contributed by atoms with Gasteiger partial charge in [0.2, 0.25) is 5.91 Å². The van der Waals surface area contributed by atoms with E-state index in [1.807, 2.05) is 31.7 Å². The van der Waals surface area contributed by atoms with Crippen LogP contribution in [0.3, 0.4) is 0 Å². The molecule has 18 heavy (non-hydrogen) atoms. The summed E-state index contributed by atoms with van der Waals surface area (Å²) in [6.45, 7) is 7.68. The van der Waals surface area contributed by atoms with Gasteiger partial charge in [0.15, 0.2) is 0 Å². The van der Waals surface area contributed by atoms with Crippen molar-refractivity contribution in [3.8, 4) is 0 Å². The number of hydrogen-bond acceptors (Lipinski definition) is 3. The number of likely N-dealkylation sites (tertiary alicyclic amines) is 1. The van der Waals surface area contributed by atoms with E-state index in [2.05, 4.69) is 0 Å². The van der Waals surface area contributed by atoms with Gasteiger partial charge in [0.25, 0.3) is 0 Å². The molecule has 0 aromatic heterocycles. The minimum Gasteiger partial charge on any atom is -0.392 e. The molecular weight excluding hydrogens is 230 g/mol. The molecule has 0 saturated carbocycles. The van der Waals surface area contributed by atoms with Crippen molar-refractivity contribution >= 4 is 5.91 Å². The summed E-state index contributed by atoms with van der Waals surface area (Å²) < 4.78 is 5.50. The van der Waals surface area contributed by atoms with E-state index < -0.39 is 0 Å². The summed E-state index contributed by atoms with van der Waals surface area (Å²) >= 11 is 0. The first-order valence-electron chi connectivity index (χ1n) is 6.61. The van der Waals surface area contributed by atoms with Gasteiger partial charge in [-0.15, -0.1) is 0 Å². The molecule has 1 aliphatic heterocycles.